The van der Waals surface area contributed by atoms with E-state index in [9.17, 15) is 14.3 Å². The number of rotatable bonds is 5. The summed E-state index contributed by atoms with van der Waals surface area (Å²) in [6.45, 7) is -0.213. The van der Waals surface area contributed by atoms with E-state index in [2.05, 4.69) is 10.6 Å². The smallest absolute Gasteiger partial charge is 0.319 e. The zero-order chi connectivity index (χ0) is 16.7. The summed E-state index contributed by atoms with van der Waals surface area (Å²) in [5.74, 6) is -0.643. The van der Waals surface area contributed by atoms with Crippen molar-refractivity contribution in [2.45, 2.75) is 12.5 Å². The third-order valence-corrected chi connectivity index (χ3v) is 3.23. The lowest BCUT2D eigenvalue weighted by atomic mass is 10.1. The van der Waals surface area contributed by atoms with Gasteiger partial charge in [-0.05, 0) is 30.2 Å². The van der Waals surface area contributed by atoms with Gasteiger partial charge in [-0.1, -0.05) is 30.3 Å². The van der Waals surface area contributed by atoms with Gasteiger partial charge in [0.2, 0.25) is 0 Å². The Labute approximate surface area is 133 Å². The van der Waals surface area contributed by atoms with E-state index in [1.165, 1.54) is 12.1 Å². The standard InChI is InChI=1S/C17H16FN3O2/c18-16-7-6-14(9-13(16)10-19)20-17(23)21-15(11-22)8-12-4-2-1-3-5-12/h1-7,9,15,22H,8,11H2,(H2,20,21,23)/t15-/m1/s1. The van der Waals surface area contributed by atoms with Gasteiger partial charge in [0, 0.05) is 5.69 Å². The molecule has 2 aromatic rings. The van der Waals surface area contributed by atoms with Crippen LogP contribution in [-0.4, -0.2) is 23.8 Å². The van der Waals surface area contributed by atoms with Gasteiger partial charge in [-0.2, -0.15) is 5.26 Å². The number of urea groups is 1. The first-order chi connectivity index (χ1) is 11.1. The molecule has 23 heavy (non-hydrogen) atoms. The summed E-state index contributed by atoms with van der Waals surface area (Å²) in [4.78, 5) is 11.9. The number of benzene rings is 2. The number of carbonyl (C=O) groups is 1. The molecule has 0 radical (unpaired) electrons. The van der Waals surface area contributed by atoms with E-state index in [-0.39, 0.29) is 12.2 Å². The molecular weight excluding hydrogens is 297 g/mol. The summed E-state index contributed by atoms with van der Waals surface area (Å²) in [6.07, 6.45) is 0.484. The van der Waals surface area contributed by atoms with Crippen LogP contribution in [0.3, 0.4) is 0 Å². The molecule has 0 saturated heterocycles. The second kappa shape index (κ2) is 7.92. The van der Waals surface area contributed by atoms with Crippen LogP contribution in [0.2, 0.25) is 0 Å². The summed E-state index contributed by atoms with van der Waals surface area (Å²) in [5, 5.41) is 23.3. The molecule has 0 saturated carbocycles. The SMILES string of the molecule is N#Cc1cc(NC(=O)N[C@@H](CO)Cc2ccccc2)ccc1F. The molecule has 2 amide bonds. The molecule has 0 unspecified atom stereocenters. The highest BCUT2D eigenvalue weighted by molar-refractivity contribution is 5.89. The van der Waals surface area contributed by atoms with E-state index in [4.69, 9.17) is 5.26 Å². The van der Waals surface area contributed by atoms with Crippen LogP contribution in [0.25, 0.3) is 0 Å². The van der Waals surface area contributed by atoms with Crippen LogP contribution < -0.4 is 10.6 Å². The van der Waals surface area contributed by atoms with Gasteiger partial charge in [0.05, 0.1) is 18.2 Å². The molecule has 6 heteroatoms. The van der Waals surface area contributed by atoms with Crippen molar-refractivity contribution >= 4 is 11.7 Å². The van der Waals surface area contributed by atoms with Crippen molar-refractivity contribution in [2.24, 2.45) is 0 Å². The quantitative estimate of drug-likeness (QED) is 0.792. The Bertz CT molecular complexity index is 714. The lowest BCUT2D eigenvalue weighted by Gasteiger charge is -2.17. The fourth-order valence-corrected chi connectivity index (χ4v) is 2.10. The Kier molecular flexibility index (Phi) is 5.67. The number of hydrogen-bond donors (Lipinski definition) is 3. The lowest BCUT2D eigenvalue weighted by Crippen LogP contribution is -2.41. The summed E-state index contributed by atoms with van der Waals surface area (Å²) in [5.41, 5.74) is 1.14. The van der Waals surface area contributed by atoms with Crippen molar-refractivity contribution < 1.29 is 14.3 Å². The monoisotopic (exact) mass is 313 g/mol. The van der Waals surface area contributed by atoms with Crippen molar-refractivity contribution in [2.75, 3.05) is 11.9 Å². The third kappa shape index (κ3) is 4.80. The van der Waals surface area contributed by atoms with Gasteiger partial charge in [0.25, 0.3) is 0 Å². The molecule has 0 aliphatic rings. The lowest BCUT2D eigenvalue weighted by molar-refractivity contribution is 0.224. The fourth-order valence-electron chi connectivity index (χ4n) is 2.10. The Hall–Kier alpha value is -2.91. The van der Waals surface area contributed by atoms with E-state index in [0.717, 1.165) is 11.6 Å². The van der Waals surface area contributed by atoms with Gasteiger partial charge in [0.1, 0.15) is 11.9 Å². The van der Waals surface area contributed by atoms with Crippen molar-refractivity contribution in [3.05, 3.63) is 65.5 Å². The molecule has 118 valence electrons. The highest BCUT2D eigenvalue weighted by Crippen LogP contribution is 2.13. The number of halogens is 1. The predicted molar refractivity (Wildman–Crippen MR) is 84.3 cm³/mol. The number of hydrogen-bond acceptors (Lipinski definition) is 3. The highest BCUT2D eigenvalue weighted by atomic mass is 19.1. The minimum absolute atomic E-state index is 0.147. The molecule has 0 fully saturated rings. The molecule has 0 spiro atoms. The van der Waals surface area contributed by atoms with E-state index >= 15 is 0 Å². The largest absolute Gasteiger partial charge is 0.394 e. The summed E-state index contributed by atoms with van der Waals surface area (Å²) < 4.78 is 13.2. The predicted octanol–water partition coefficient (Wildman–Crippen LogP) is 2.42. The van der Waals surface area contributed by atoms with E-state index in [1.807, 2.05) is 30.3 Å². The molecule has 1 atom stereocenters. The van der Waals surface area contributed by atoms with Crippen LogP contribution in [0.5, 0.6) is 0 Å². The number of carbonyl (C=O) groups excluding carboxylic acids is 1. The second-order valence-corrected chi connectivity index (χ2v) is 4.97. The van der Waals surface area contributed by atoms with Crippen molar-refractivity contribution in [3.63, 3.8) is 0 Å². The topological polar surface area (TPSA) is 85.2 Å². The summed E-state index contributed by atoms with van der Waals surface area (Å²) in [6, 6.07) is 13.9. The first-order valence-electron chi connectivity index (χ1n) is 7.04. The van der Waals surface area contributed by atoms with Crippen LogP contribution in [0, 0.1) is 17.1 Å². The Morgan fingerprint density at radius 2 is 2.00 bits per heavy atom. The maximum atomic E-state index is 13.2. The van der Waals surface area contributed by atoms with E-state index < -0.39 is 17.9 Å². The fraction of sp³-hybridized carbons (Fsp3) is 0.176. The van der Waals surface area contributed by atoms with Gasteiger partial charge >= 0.3 is 6.03 Å². The maximum Gasteiger partial charge on any atom is 0.319 e. The van der Waals surface area contributed by atoms with Crippen LogP contribution in [0.15, 0.2) is 48.5 Å². The van der Waals surface area contributed by atoms with Crippen molar-refractivity contribution in [1.29, 1.82) is 5.26 Å². The molecule has 3 N–H and O–H groups in total. The van der Waals surface area contributed by atoms with Gasteiger partial charge in [-0.3, -0.25) is 0 Å². The number of aliphatic hydroxyl groups excluding tert-OH is 1. The van der Waals surface area contributed by atoms with Gasteiger partial charge in [-0.15, -0.1) is 0 Å². The zero-order valence-corrected chi connectivity index (χ0v) is 12.3. The van der Waals surface area contributed by atoms with Gasteiger partial charge in [0.15, 0.2) is 0 Å². The van der Waals surface area contributed by atoms with Gasteiger partial charge < -0.3 is 15.7 Å². The number of amides is 2. The number of nitrogens with zero attached hydrogens (tertiary/aromatic N) is 1. The third-order valence-electron chi connectivity index (χ3n) is 3.23. The van der Waals surface area contributed by atoms with Crippen LogP contribution in [0.1, 0.15) is 11.1 Å². The molecule has 2 rings (SSSR count). The number of nitrogens with one attached hydrogen (secondary N) is 2. The number of anilines is 1. The molecule has 0 aliphatic heterocycles. The molecule has 5 nitrogen and oxygen atoms in total. The van der Waals surface area contributed by atoms with Crippen LogP contribution in [0.4, 0.5) is 14.9 Å². The summed E-state index contributed by atoms with van der Waals surface area (Å²) in [7, 11) is 0. The average Bonchev–Trinajstić information content (AvgIpc) is 2.57. The van der Waals surface area contributed by atoms with E-state index in [1.54, 1.807) is 6.07 Å². The highest BCUT2D eigenvalue weighted by Gasteiger charge is 2.13. The first kappa shape index (κ1) is 16.5. The summed E-state index contributed by atoms with van der Waals surface area (Å²) >= 11 is 0. The Balaban J connectivity index is 1.96. The molecule has 2 aromatic carbocycles. The zero-order valence-electron chi connectivity index (χ0n) is 12.3. The molecule has 0 heterocycles. The molecule has 0 aliphatic carbocycles. The Morgan fingerprint density at radius 1 is 1.26 bits per heavy atom. The molecule has 0 aromatic heterocycles. The van der Waals surface area contributed by atoms with Gasteiger partial charge in [-0.25, -0.2) is 9.18 Å². The number of nitriles is 1. The van der Waals surface area contributed by atoms with E-state index in [0.29, 0.717) is 12.1 Å². The van der Waals surface area contributed by atoms with Crippen molar-refractivity contribution in [1.82, 2.24) is 5.32 Å². The molecular formula is C17H16FN3O2. The van der Waals surface area contributed by atoms with Crippen LogP contribution >= 0.6 is 0 Å². The maximum absolute atomic E-state index is 13.2. The normalized spacial score (nSPS) is 11.3. The second-order valence-electron chi connectivity index (χ2n) is 4.97. The average molecular weight is 313 g/mol. The molecule has 0 bridgehead atoms. The minimum atomic E-state index is -0.643. The van der Waals surface area contributed by atoms with Crippen LogP contribution in [-0.2, 0) is 6.42 Å². The minimum Gasteiger partial charge on any atom is -0.394 e. The van der Waals surface area contributed by atoms with Crippen molar-refractivity contribution in [3.8, 4) is 6.07 Å². The Morgan fingerprint density at radius 3 is 2.65 bits per heavy atom. The first-order valence-corrected chi connectivity index (χ1v) is 7.04. The number of aliphatic hydroxyl groups is 1.